The van der Waals surface area contributed by atoms with Crippen LogP contribution in [0.3, 0.4) is 0 Å². The lowest BCUT2D eigenvalue weighted by Crippen LogP contribution is -2.03. The van der Waals surface area contributed by atoms with Crippen molar-refractivity contribution in [2.45, 2.75) is 11.8 Å². The van der Waals surface area contributed by atoms with Crippen molar-refractivity contribution >= 4 is 32.4 Å². The van der Waals surface area contributed by atoms with Crippen molar-refractivity contribution in [2.75, 3.05) is 6.26 Å². The molecule has 2 nitrogen and oxygen atoms in total. The van der Waals surface area contributed by atoms with Crippen molar-refractivity contribution in [1.29, 1.82) is 0 Å². The zero-order valence-electron chi connectivity index (χ0n) is 10.4. The molecule has 0 aliphatic heterocycles. The van der Waals surface area contributed by atoms with Gasteiger partial charge in [-0.1, -0.05) is 18.2 Å². The molecule has 0 N–H and O–H groups in total. The lowest BCUT2D eigenvalue weighted by molar-refractivity contribution is 0.601. The SMILES string of the molecule is Cc1c(I)ccc(S(C)(=O)=O)c1-c1ccccc1F. The first kappa shape index (κ1) is 14.5. The summed E-state index contributed by atoms with van der Waals surface area (Å²) < 4.78 is 38.6. The summed E-state index contributed by atoms with van der Waals surface area (Å²) in [6, 6.07) is 9.48. The number of hydrogen-bond donors (Lipinski definition) is 0. The van der Waals surface area contributed by atoms with Crippen molar-refractivity contribution in [1.82, 2.24) is 0 Å². The molecule has 2 aromatic carbocycles. The van der Waals surface area contributed by atoms with Gasteiger partial charge in [-0.15, -0.1) is 0 Å². The van der Waals surface area contributed by atoms with E-state index in [0.717, 1.165) is 15.4 Å². The molecule has 0 aliphatic rings. The highest BCUT2D eigenvalue weighted by molar-refractivity contribution is 14.1. The number of sulfone groups is 1. The molecule has 0 atom stereocenters. The minimum Gasteiger partial charge on any atom is -0.224 e. The highest BCUT2D eigenvalue weighted by atomic mass is 127. The third-order valence-electron chi connectivity index (χ3n) is 2.90. The first-order valence-corrected chi connectivity index (χ1v) is 8.53. The Bertz CT molecular complexity index is 739. The van der Waals surface area contributed by atoms with Gasteiger partial charge < -0.3 is 0 Å². The van der Waals surface area contributed by atoms with Crippen LogP contribution in [0.15, 0.2) is 41.3 Å². The molecule has 0 radical (unpaired) electrons. The van der Waals surface area contributed by atoms with Gasteiger partial charge in [0.2, 0.25) is 0 Å². The number of halogens is 2. The standard InChI is InChI=1S/C14H12FIO2S/c1-9-12(16)7-8-13(19(2,17)18)14(9)10-5-3-4-6-11(10)15/h3-8H,1-2H3. The van der Waals surface area contributed by atoms with Gasteiger partial charge in [0.05, 0.1) is 4.90 Å². The first-order valence-electron chi connectivity index (χ1n) is 5.56. The monoisotopic (exact) mass is 390 g/mol. The zero-order chi connectivity index (χ0) is 14.2. The van der Waals surface area contributed by atoms with E-state index in [1.54, 1.807) is 31.2 Å². The van der Waals surface area contributed by atoms with E-state index in [2.05, 4.69) is 22.6 Å². The molecular weight excluding hydrogens is 378 g/mol. The van der Waals surface area contributed by atoms with Gasteiger partial charge >= 0.3 is 0 Å². The van der Waals surface area contributed by atoms with E-state index in [0.29, 0.717) is 11.1 Å². The molecule has 0 spiro atoms. The van der Waals surface area contributed by atoms with Gasteiger partial charge in [-0.05, 0) is 53.3 Å². The first-order chi connectivity index (χ1) is 8.82. The fraction of sp³-hybridized carbons (Fsp3) is 0.143. The Balaban J connectivity index is 2.90. The lowest BCUT2D eigenvalue weighted by atomic mass is 10.00. The second-order valence-electron chi connectivity index (χ2n) is 4.30. The van der Waals surface area contributed by atoms with E-state index in [1.807, 2.05) is 0 Å². The molecular formula is C14H12FIO2S. The molecule has 0 aliphatic carbocycles. The zero-order valence-corrected chi connectivity index (χ0v) is 13.4. The van der Waals surface area contributed by atoms with Gasteiger partial charge in [-0.25, -0.2) is 12.8 Å². The molecule has 0 heterocycles. The molecule has 0 unspecified atom stereocenters. The third-order valence-corrected chi connectivity index (χ3v) is 5.21. The Morgan fingerprint density at radius 2 is 1.74 bits per heavy atom. The fourth-order valence-corrected chi connectivity index (χ4v) is 3.37. The maximum absolute atomic E-state index is 14.0. The summed E-state index contributed by atoms with van der Waals surface area (Å²) in [5, 5.41) is 0. The summed E-state index contributed by atoms with van der Waals surface area (Å²) in [5.41, 5.74) is 1.54. The van der Waals surface area contributed by atoms with E-state index in [4.69, 9.17) is 0 Å². The van der Waals surface area contributed by atoms with E-state index < -0.39 is 15.7 Å². The van der Waals surface area contributed by atoms with E-state index in [1.165, 1.54) is 12.1 Å². The van der Waals surface area contributed by atoms with Gasteiger partial charge in [0.1, 0.15) is 5.82 Å². The van der Waals surface area contributed by atoms with Gasteiger partial charge in [0, 0.05) is 21.0 Å². The van der Waals surface area contributed by atoms with Crippen LogP contribution in [0.2, 0.25) is 0 Å². The van der Waals surface area contributed by atoms with Crippen LogP contribution in [-0.2, 0) is 9.84 Å². The number of benzene rings is 2. The molecule has 100 valence electrons. The normalized spacial score (nSPS) is 11.6. The average molecular weight is 390 g/mol. The van der Waals surface area contributed by atoms with Gasteiger partial charge in [0.15, 0.2) is 9.84 Å². The third kappa shape index (κ3) is 2.81. The molecule has 19 heavy (non-hydrogen) atoms. The molecule has 0 amide bonds. The highest BCUT2D eigenvalue weighted by Gasteiger charge is 2.20. The molecule has 2 rings (SSSR count). The maximum atomic E-state index is 14.0. The van der Waals surface area contributed by atoms with Crippen molar-refractivity contribution in [2.24, 2.45) is 0 Å². The van der Waals surface area contributed by atoms with Crippen LogP contribution in [-0.4, -0.2) is 14.7 Å². The predicted molar refractivity (Wildman–Crippen MR) is 82.4 cm³/mol. The Hall–Kier alpha value is -0.950. The quantitative estimate of drug-likeness (QED) is 0.731. The Morgan fingerprint density at radius 3 is 2.32 bits per heavy atom. The predicted octanol–water partition coefficient (Wildman–Crippen LogP) is 3.81. The second-order valence-corrected chi connectivity index (χ2v) is 7.44. The molecule has 0 aromatic heterocycles. The minimum absolute atomic E-state index is 0.163. The molecule has 0 saturated carbocycles. The van der Waals surface area contributed by atoms with Gasteiger partial charge in [0.25, 0.3) is 0 Å². The maximum Gasteiger partial charge on any atom is 0.176 e. The summed E-state index contributed by atoms with van der Waals surface area (Å²) in [5.74, 6) is -0.419. The van der Waals surface area contributed by atoms with E-state index >= 15 is 0 Å². The number of rotatable bonds is 2. The fourth-order valence-electron chi connectivity index (χ4n) is 1.97. The average Bonchev–Trinajstić information content (AvgIpc) is 2.32. The second kappa shape index (κ2) is 5.20. The topological polar surface area (TPSA) is 34.1 Å². The molecule has 0 bridgehead atoms. The summed E-state index contributed by atoms with van der Waals surface area (Å²) in [7, 11) is -3.41. The van der Waals surface area contributed by atoms with Crippen molar-refractivity contribution in [3.05, 3.63) is 51.3 Å². The number of hydrogen-bond acceptors (Lipinski definition) is 2. The molecule has 5 heteroatoms. The lowest BCUT2D eigenvalue weighted by Gasteiger charge is -2.14. The van der Waals surface area contributed by atoms with Crippen molar-refractivity contribution in [3.8, 4) is 11.1 Å². The highest BCUT2D eigenvalue weighted by Crippen LogP contribution is 2.34. The van der Waals surface area contributed by atoms with Gasteiger partial charge in [-0.2, -0.15) is 0 Å². The van der Waals surface area contributed by atoms with E-state index in [9.17, 15) is 12.8 Å². The smallest absolute Gasteiger partial charge is 0.176 e. The summed E-state index contributed by atoms with van der Waals surface area (Å²) >= 11 is 2.12. The van der Waals surface area contributed by atoms with Crippen molar-refractivity contribution in [3.63, 3.8) is 0 Å². The summed E-state index contributed by atoms with van der Waals surface area (Å²) in [6.45, 7) is 1.80. The van der Waals surface area contributed by atoms with Crippen LogP contribution in [0.5, 0.6) is 0 Å². The van der Waals surface area contributed by atoms with Crippen LogP contribution >= 0.6 is 22.6 Å². The summed E-state index contributed by atoms with van der Waals surface area (Å²) in [6.07, 6.45) is 1.14. The molecule has 0 fully saturated rings. The van der Waals surface area contributed by atoms with Crippen molar-refractivity contribution < 1.29 is 12.8 Å². The Kier molecular flexibility index (Phi) is 3.96. The van der Waals surface area contributed by atoms with Crippen LogP contribution in [0.4, 0.5) is 4.39 Å². The molecule has 2 aromatic rings. The molecule has 0 saturated heterocycles. The largest absolute Gasteiger partial charge is 0.224 e. The van der Waals surface area contributed by atoms with Gasteiger partial charge in [-0.3, -0.25) is 0 Å². The van der Waals surface area contributed by atoms with Crippen LogP contribution < -0.4 is 0 Å². The van der Waals surface area contributed by atoms with Crippen LogP contribution in [0.1, 0.15) is 5.56 Å². The summed E-state index contributed by atoms with van der Waals surface area (Å²) in [4.78, 5) is 0.163. The van der Waals surface area contributed by atoms with E-state index in [-0.39, 0.29) is 4.90 Å². The Labute approximate surface area is 125 Å². The van der Waals surface area contributed by atoms with Crippen LogP contribution in [0, 0.1) is 16.3 Å². The Morgan fingerprint density at radius 1 is 1.11 bits per heavy atom. The van der Waals surface area contributed by atoms with Crippen LogP contribution in [0.25, 0.3) is 11.1 Å². The minimum atomic E-state index is -3.41.